The van der Waals surface area contributed by atoms with Gasteiger partial charge in [0.1, 0.15) is 5.60 Å². The van der Waals surface area contributed by atoms with Gasteiger partial charge in [-0.15, -0.1) is 0 Å². The second kappa shape index (κ2) is 5.24. The fourth-order valence-electron chi connectivity index (χ4n) is 1.64. The molecule has 2 amide bonds. The van der Waals surface area contributed by atoms with E-state index < -0.39 is 29.7 Å². The van der Waals surface area contributed by atoms with E-state index in [-0.39, 0.29) is 13.0 Å². The molecular formula is C10H16N4O4. The molecule has 0 aromatic heterocycles. The summed E-state index contributed by atoms with van der Waals surface area (Å²) in [5.41, 5.74) is 7.51. The largest absolute Gasteiger partial charge is 0.443 e. The molecule has 1 N–H and O–H groups in total. The van der Waals surface area contributed by atoms with Crippen molar-refractivity contribution in [3.63, 3.8) is 0 Å². The SMILES string of the molecule is CC(C)(C)OC(=O)N1C(=O)C[C@H](O)[C@H]1CN=[N+]=[N-]. The minimum absolute atomic E-state index is 0.164. The number of ether oxygens (including phenoxy) is 1. The van der Waals surface area contributed by atoms with E-state index in [1.807, 2.05) is 0 Å². The summed E-state index contributed by atoms with van der Waals surface area (Å²) in [4.78, 5) is 26.8. The molecule has 8 nitrogen and oxygen atoms in total. The summed E-state index contributed by atoms with van der Waals surface area (Å²) < 4.78 is 5.07. The molecule has 0 bridgehead atoms. The molecule has 0 spiro atoms. The highest BCUT2D eigenvalue weighted by Crippen LogP contribution is 2.22. The average molecular weight is 256 g/mol. The van der Waals surface area contributed by atoms with Crippen molar-refractivity contribution in [2.24, 2.45) is 5.11 Å². The Bertz CT molecular complexity index is 397. The van der Waals surface area contributed by atoms with Gasteiger partial charge in [-0.2, -0.15) is 0 Å². The lowest BCUT2D eigenvalue weighted by atomic mass is 10.2. The van der Waals surface area contributed by atoms with E-state index in [1.54, 1.807) is 20.8 Å². The minimum Gasteiger partial charge on any atom is -0.443 e. The van der Waals surface area contributed by atoms with E-state index in [1.165, 1.54) is 0 Å². The molecule has 1 aliphatic rings. The molecule has 8 heteroatoms. The number of nitrogens with zero attached hydrogens (tertiary/aromatic N) is 4. The van der Waals surface area contributed by atoms with Gasteiger partial charge in [-0.05, 0) is 26.3 Å². The van der Waals surface area contributed by atoms with Crippen LogP contribution in [0.15, 0.2) is 5.11 Å². The van der Waals surface area contributed by atoms with Crippen molar-refractivity contribution in [3.05, 3.63) is 10.4 Å². The third-order valence-corrected chi connectivity index (χ3v) is 2.35. The van der Waals surface area contributed by atoms with Crippen LogP contribution in [0.1, 0.15) is 27.2 Å². The summed E-state index contributed by atoms with van der Waals surface area (Å²) in [6.07, 6.45) is -2.04. The van der Waals surface area contributed by atoms with Gasteiger partial charge < -0.3 is 9.84 Å². The fraction of sp³-hybridized carbons (Fsp3) is 0.800. The molecule has 0 radical (unpaired) electrons. The molecule has 0 aromatic rings. The van der Waals surface area contributed by atoms with Gasteiger partial charge in [-0.3, -0.25) is 4.79 Å². The third-order valence-electron chi connectivity index (χ3n) is 2.35. The number of rotatable bonds is 2. The van der Waals surface area contributed by atoms with Crippen molar-refractivity contribution in [2.45, 2.75) is 44.9 Å². The zero-order chi connectivity index (χ0) is 13.9. The van der Waals surface area contributed by atoms with Crippen LogP contribution in [0.3, 0.4) is 0 Å². The number of imide groups is 1. The van der Waals surface area contributed by atoms with Crippen LogP contribution in [0.2, 0.25) is 0 Å². The van der Waals surface area contributed by atoms with Gasteiger partial charge >= 0.3 is 6.09 Å². The summed E-state index contributed by atoms with van der Waals surface area (Å²) in [5, 5.41) is 12.9. The summed E-state index contributed by atoms with van der Waals surface area (Å²) in [5.74, 6) is -0.533. The topological polar surface area (TPSA) is 116 Å². The molecule has 1 saturated heterocycles. The van der Waals surface area contributed by atoms with Crippen LogP contribution in [0.5, 0.6) is 0 Å². The third kappa shape index (κ3) is 3.35. The lowest BCUT2D eigenvalue weighted by Crippen LogP contribution is -2.45. The minimum atomic E-state index is -1.03. The number of azide groups is 1. The van der Waals surface area contributed by atoms with E-state index in [2.05, 4.69) is 10.0 Å². The lowest BCUT2D eigenvalue weighted by molar-refractivity contribution is -0.128. The first kappa shape index (κ1) is 14.3. The number of hydrogen-bond acceptors (Lipinski definition) is 5. The zero-order valence-electron chi connectivity index (χ0n) is 10.5. The predicted octanol–water partition coefficient (Wildman–Crippen LogP) is 1.19. The first-order valence-electron chi connectivity index (χ1n) is 5.50. The van der Waals surface area contributed by atoms with Gasteiger partial charge in [0.2, 0.25) is 5.91 Å². The van der Waals surface area contributed by atoms with Crippen molar-refractivity contribution in [2.75, 3.05) is 6.54 Å². The fourth-order valence-corrected chi connectivity index (χ4v) is 1.64. The normalized spacial score (nSPS) is 23.8. The Morgan fingerprint density at radius 1 is 1.67 bits per heavy atom. The summed E-state index contributed by atoms with van der Waals surface area (Å²) in [7, 11) is 0. The van der Waals surface area contributed by atoms with E-state index >= 15 is 0 Å². The molecule has 100 valence electrons. The van der Waals surface area contributed by atoms with Crippen LogP contribution in [0.4, 0.5) is 4.79 Å². The van der Waals surface area contributed by atoms with Gasteiger partial charge in [0.05, 0.1) is 18.6 Å². The maximum atomic E-state index is 11.8. The Balaban J connectivity index is 2.85. The Morgan fingerprint density at radius 3 is 2.78 bits per heavy atom. The Kier molecular flexibility index (Phi) is 4.15. The molecule has 1 aliphatic heterocycles. The molecule has 1 heterocycles. The zero-order valence-corrected chi connectivity index (χ0v) is 10.5. The van der Waals surface area contributed by atoms with Crippen molar-refractivity contribution in [1.82, 2.24) is 4.90 Å². The monoisotopic (exact) mass is 256 g/mol. The van der Waals surface area contributed by atoms with Gasteiger partial charge in [-0.25, -0.2) is 9.69 Å². The summed E-state index contributed by atoms with van der Waals surface area (Å²) >= 11 is 0. The molecule has 0 aromatic carbocycles. The van der Waals surface area contributed by atoms with E-state index in [0.717, 1.165) is 4.90 Å². The molecule has 0 saturated carbocycles. The average Bonchev–Trinajstić information content (AvgIpc) is 2.47. The number of carbonyl (C=O) groups is 2. The maximum absolute atomic E-state index is 11.8. The molecule has 18 heavy (non-hydrogen) atoms. The number of carbonyl (C=O) groups excluding carboxylic acids is 2. The first-order valence-corrected chi connectivity index (χ1v) is 5.50. The van der Waals surface area contributed by atoms with Crippen LogP contribution in [-0.2, 0) is 9.53 Å². The van der Waals surface area contributed by atoms with Crippen molar-refractivity contribution in [1.29, 1.82) is 0 Å². The number of aliphatic hydroxyl groups excluding tert-OH is 1. The highest BCUT2D eigenvalue weighted by atomic mass is 16.6. The van der Waals surface area contributed by atoms with Crippen LogP contribution < -0.4 is 0 Å². The summed E-state index contributed by atoms with van der Waals surface area (Å²) in [6.45, 7) is 4.85. The molecular weight excluding hydrogens is 240 g/mol. The standard InChI is InChI=1S/C10H16N4O4/c1-10(2,3)18-9(17)14-6(5-12-13-11)7(15)4-8(14)16/h6-7,15H,4-5H2,1-3H3/t6-,7+/m1/s1. The number of likely N-dealkylation sites (tertiary alicyclic amines) is 1. The number of hydrogen-bond donors (Lipinski definition) is 1. The molecule has 2 atom stereocenters. The Hall–Kier alpha value is -1.79. The second-order valence-electron chi connectivity index (χ2n) is 5.00. The van der Waals surface area contributed by atoms with Gasteiger partial charge in [-0.1, -0.05) is 5.11 Å². The predicted molar refractivity (Wildman–Crippen MR) is 61.5 cm³/mol. The van der Waals surface area contributed by atoms with Gasteiger partial charge in [0.25, 0.3) is 0 Å². The smallest absolute Gasteiger partial charge is 0.417 e. The highest BCUT2D eigenvalue weighted by molar-refractivity contribution is 5.94. The van der Waals surface area contributed by atoms with Crippen LogP contribution in [0.25, 0.3) is 10.4 Å². The molecule has 0 unspecified atom stereocenters. The van der Waals surface area contributed by atoms with Gasteiger partial charge in [0, 0.05) is 11.5 Å². The highest BCUT2D eigenvalue weighted by Gasteiger charge is 2.43. The molecule has 1 rings (SSSR count). The van der Waals surface area contributed by atoms with Crippen LogP contribution >= 0.6 is 0 Å². The first-order chi connectivity index (χ1) is 8.26. The Labute approximate surface area is 104 Å². The van der Waals surface area contributed by atoms with Crippen molar-refractivity contribution < 1.29 is 19.4 Å². The maximum Gasteiger partial charge on any atom is 0.417 e. The van der Waals surface area contributed by atoms with E-state index in [0.29, 0.717) is 0 Å². The van der Waals surface area contributed by atoms with E-state index in [4.69, 9.17) is 10.3 Å². The lowest BCUT2D eigenvalue weighted by Gasteiger charge is -2.27. The van der Waals surface area contributed by atoms with Crippen molar-refractivity contribution >= 4 is 12.0 Å². The summed E-state index contributed by atoms with van der Waals surface area (Å²) in [6, 6.07) is -0.858. The molecule has 1 fully saturated rings. The van der Waals surface area contributed by atoms with Gasteiger partial charge in [0.15, 0.2) is 0 Å². The Morgan fingerprint density at radius 2 is 2.28 bits per heavy atom. The second-order valence-corrected chi connectivity index (χ2v) is 5.00. The van der Waals surface area contributed by atoms with E-state index in [9.17, 15) is 14.7 Å². The number of amides is 2. The molecule has 0 aliphatic carbocycles. The number of aliphatic hydroxyl groups is 1. The van der Waals surface area contributed by atoms with Crippen LogP contribution in [0, 0.1) is 0 Å². The van der Waals surface area contributed by atoms with Crippen LogP contribution in [-0.4, -0.2) is 46.3 Å². The quantitative estimate of drug-likeness (QED) is 0.453. The van der Waals surface area contributed by atoms with Crippen molar-refractivity contribution in [3.8, 4) is 0 Å².